The molecule has 2 aromatic rings. The van der Waals surface area contributed by atoms with Gasteiger partial charge in [0, 0.05) is 6.54 Å². The van der Waals surface area contributed by atoms with Crippen molar-refractivity contribution in [2.75, 3.05) is 20.6 Å². The molecule has 1 aromatic carbocycles. The van der Waals surface area contributed by atoms with E-state index in [9.17, 15) is 4.79 Å². The Morgan fingerprint density at radius 1 is 1.25 bits per heavy atom. The van der Waals surface area contributed by atoms with Gasteiger partial charge in [0.15, 0.2) is 0 Å². The van der Waals surface area contributed by atoms with E-state index < -0.39 is 0 Å². The standard InChI is InChI=1S/C16H20N2OS/c1-18(2)15(14-6-4-3-5-7-14)11-17-16(19)10-13-8-9-20-12-13/h3-9,12,15H,10-11H2,1-2H3,(H,17,19)/t15-/m0/s1. The Morgan fingerprint density at radius 3 is 2.60 bits per heavy atom. The highest BCUT2D eigenvalue weighted by molar-refractivity contribution is 7.07. The van der Waals surface area contributed by atoms with E-state index in [1.165, 1.54) is 5.56 Å². The number of benzene rings is 1. The molecule has 1 N–H and O–H groups in total. The number of rotatable bonds is 6. The van der Waals surface area contributed by atoms with E-state index in [-0.39, 0.29) is 11.9 Å². The van der Waals surface area contributed by atoms with E-state index in [4.69, 9.17) is 0 Å². The maximum absolute atomic E-state index is 11.9. The Balaban J connectivity index is 1.91. The smallest absolute Gasteiger partial charge is 0.224 e. The van der Waals surface area contributed by atoms with E-state index in [1.807, 2.05) is 49.1 Å². The number of hydrogen-bond donors (Lipinski definition) is 1. The van der Waals surface area contributed by atoms with E-state index in [0.29, 0.717) is 13.0 Å². The molecule has 0 spiro atoms. The van der Waals surface area contributed by atoms with Crippen LogP contribution < -0.4 is 5.32 Å². The molecule has 0 radical (unpaired) electrons. The lowest BCUT2D eigenvalue weighted by Crippen LogP contribution is -2.35. The summed E-state index contributed by atoms with van der Waals surface area (Å²) in [6.07, 6.45) is 0.457. The van der Waals surface area contributed by atoms with Crippen molar-refractivity contribution in [2.24, 2.45) is 0 Å². The van der Waals surface area contributed by atoms with Gasteiger partial charge in [0.2, 0.25) is 5.91 Å². The number of nitrogens with zero attached hydrogens (tertiary/aromatic N) is 1. The van der Waals surface area contributed by atoms with Gasteiger partial charge in [-0.25, -0.2) is 0 Å². The third kappa shape index (κ3) is 4.18. The van der Waals surface area contributed by atoms with Crippen LogP contribution in [0.15, 0.2) is 47.2 Å². The van der Waals surface area contributed by atoms with Crippen molar-refractivity contribution in [3.63, 3.8) is 0 Å². The summed E-state index contributed by atoms with van der Waals surface area (Å²) in [6.45, 7) is 0.625. The van der Waals surface area contributed by atoms with Crippen LogP contribution in [0, 0.1) is 0 Å². The molecular weight excluding hydrogens is 268 g/mol. The predicted octanol–water partition coefficient (Wildman–Crippen LogP) is 2.71. The molecule has 0 saturated carbocycles. The summed E-state index contributed by atoms with van der Waals surface area (Å²) in [5.41, 5.74) is 2.29. The molecule has 0 aliphatic carbocycles. The van der Waals surface area contributed by atoms with Gasteiger partial charge in [-0.15, -0.1) is 0 Å². The zero-order valence-electron chi connectivity index (χ0n) is 11.9. The Bertz CT molecular complexity index is 523. The maximum atomic E-state index is 11.9. The lowest BCUT2D eigenvalue weighted by atomic mass is 10.1. The second kappa shape index (κ2) is 7.22. The third-order valence-electron chi connectivity index (χ3n) is 3.25. The van der Waals surface area contributed by atoms with Crippen molar-refractivity contribution in [2.45, 2.75) is 12.5 Å². The molecule has 1 amide bonds. The summed E-state index contributed by atoms with van der Waals surface area (Å²) in [5.74, 6) is 0.0752. The molecular formula is C16H20N2OS. The van der Waals surface area contributed by atoms with Gasteiger partial charge in [0.25, 0.3) is 0 Å². The summed E-state index contributed by atoms with van der Waals surface area (Å²) in [5, 5.41) is 7.03. The summed E-state index contributed by atoms with van der Waals surface area (Å²) in [6, 6.07) is 12.4. The molecule has 0 unspecified atom stereocenters. The minimum absolute atomic E-state index is 0.0752. The first kappa shape index (κ1) is 14.8. The van der Waals surface area contributed by atoms with Crippen LogP contribution in [0.25, 0.3) is 0 Å². The Labute approximate surface area is 124 Å². The topological polar surface area (TPSA) is 32.3 Å². The van der Waals surface area contributed by atoms with Gasteiger partial charge >= 0.3 is 0 Å². The summed E-state index contributed by atoms with van der Waals surface area (Å²) in [7, 11) is 4.06. The number of hydrogen-bond acceptors (Lipinski definition) is 3. The average Bonchev–Trinajstić information content (AvgIpc) is 2.92. The molecule has 4 heteroatoms. The SMILES string of the molecule is CN(C)[C@@H](CNC(=O)Cc1ccsc1)c1ccccc1. The van der Waals surface area contributed by atoms with Crippen LogP contribution in [0.1, 0.15) is 17.2 Å². The molecule has 0 saturated heterocycles. The van der Waals surface area contributed by atoms with Crippen LogP contribution in [0.4, 0.5) is 0 Å². The van der Waals surface area contributed by atoms with E-state index in [0.717, 1.165) is 5.56 Å². The first-order valence-electron chi connectivity index (χ1n) is 6.66. The Hall–Kier alpha value is -1.65. The molecule has 1 aromatic heterocycles. The number of carbonyl (C=O) groups is 1. The maximum Gasteiger partial charge on any atom is 0.224 e. The van der Waals surface area contributed by atoms with Crippen LogP contribution in [0.2, 0.25) is 0 Å². The van der Waals surface area contributed by atoms with Gasteiger partial charge in [0.1, 0.15) is 0 Å². The van der Waals surface area contributed by atoms with Gasteiger partial charge < -0.3 is 10.2 Å². The predicted molar refractivity (Wildman–Crippen MR) is 83.9 cm³/mol. The minimum atomic E-state index is 0.0752. The molecule has 1 atom stereocenters. The van der Waals surface area contributed by atoms with Gasteiger partial charge in [-0.3, -0.25) is 4.79 Å². The molecule has 106 valence electrons. The first-order valence-corrected chi connectivity index (χ1v) is 7.60. The van der Waals surface area contributed by atoms with Crippen molar-refractivity contribution in [3.05, 3.63) is 58.3 Å². The molecule has 0 fully saturated rings. The fourth-order valence-corrected chi connectivity index (χ4v) is 2.79. The third-order valence-corrected chi connectivity index (χ3v) is 3.98. The number of likely N-dealkylation sites (N-methyl/N-ethyl adjacent to an activating group) is 1. The van der Waals surface area contributed by atoms with Crippen LogP contribution in [0.3, 0.4) is 0 Å². The highest BCUT2D eigenvalue weighted by Gasteiger charge is 2.14. The average molecular weight is 288 g/mol. The lowest BCUT2D eigenvalue weighted by Gasteiger charge is -2.25. The lowest BCUT2D eigenvalue weighted by molar-refractivity contribution is -0.120. The fourth-order valence-electron chi connectivity index (χ4n) is 2.13. The first-order chi connectivity index (χ1) is 9.66. The number of thiophene rings is 1. The van der Waals surface area contributed by atoms with Crippen LogP contribution >= 0.6 is 11.3 Å². The second-order valence-corrected chi connectivity index (χ2v) is 5.78. The van der Waals surface area contributed by atoms with Crippen molar-refractivity contribution in [3.8, 4) is 0 Å². The monoisotopic (exact) mass is 288 g/mol. The molecule has 20 heavy (non-hydrogen) atoms. The zero-order chi connectivity index (χ0) is 14.4. The highest BCUT2D eigenvalue weighted by Crippen LogP contribution is 2.16. The second-order valence-electron chi connectivity index (χ2n) is 5.00. The van der Waals surface area contributed by atoms with Crippen LogP contribution in [0.5, 0.6) is 0 Å². The minimum Gasteiger partial charge on any atom is -0.354 e. The number of nitrogens with one attached hydrogen (secondary N) is 1. The Morgan fingerprint density at radius 2 is 2.00 bits per heavy atom. The Kier molecular flexibility index (Phi) is 5.32. The summed E-state index contributed by atoms with van der Waals surface area (Å²) in [4.78, 5) is 14.1. The van der Waals surface area contributed by atoms with E-state index in [2.05, 4.69) is 22.3 Å². The van der Waals surface area contributed by atoms with E-state index in [1.54, 1.807) is 11.3 Å². The van der Waals surface area contributed by atoms with Crippen molar-refractivity contribution >= 4 is 17.2 Å². The molecule has 2 rings (SSSR count). The molecule has 3 nitrogen and oxygen atoms in total. The fraction of sp³-hybridized carbons (Fsp3) is 0.312. The molecule has 0 aliphatic rings. The van der Waals surface area contributed by atoms with Crippen molar-refractivity contribution in [1.82, 2.24) is 10.2 Å². The number of carbonyl (C=O) groups excluding carboxylic acids is 1. The largest absolute Gasteiger partial charge is 0.354 e. The van der Waals surface area contributed by atoms with Gasteiger partial charge in [-0.2, -0.15) is 11.3 Å². The van der Waals surface area contributed by atoms with Crippen LogP contribution in [-0.2, 0) is 11.2 Å². The summed E-state index contributed by atoms with van der Waals surface area (Å²) < 4.78 is 0. The van der Waals surface area contributed by atoms with E-state index >= 15 is 0 Å². The molecule has 1 heterocycles. The van der Waals surface area contributed by atoms with Gasteiger partial charge in [-0.1, -0.05) is 30.3 Å². The normalized spacial score (nSPS) is 12.3. The summed E-state index contributed by atoms with van der Waals surface area (Å²) >= 11 is 1.62. The number of amides is 1. The highest BCUT2D eigenvalue weighted by atomic mass is 32.1. The van der Waals surface area contributed by atoms with Crippen molar-refractivity contribution in [1.29, 1.82) is 0 Å². The molecule has 0 bridgehead atoms. The quantitative estimate of drug-likeness (QED) is 0.886. The van der Waals surface area contributed by atoms with Crippen LogP contribution in [-0.4, -0.2) is 31.4 Å². The van der Waals surface area contributed by atoms with Gasteiger partial charge in [0.05, 0.1) is 12.5 Å². The van der Waals surface area contributed by atoms with Gasteiger partial charge in [-0.05, 0) is 42.0 Å². The zero-order valence-corrected chi connectivity index (χ0v) is 12.7. The van der Waals surface area contributed by atoms with Crippen molar-refractivity contribution < 1.29 is 4.79 Å². The molecule has 0 aliphatic heterocycles.